The van der Waals surface area contributed by atoms with Gasteiger partial charge in [0.2, 0.25) is 0 Å². The van der Waals surface area contributed by atoms with Crippen LogP contribution in [0.3, 0.4) is 0 Å². The SMILES string of the molecule is CCCCCCOc1cc(/C=C/c2ccc(N(CC)CC)cc2)c(OCCN(C)c2ccc(/C=C/c3ccc(S(C)(=O)=O)cc3)cc2)cc1/C=C/c1ccc(N(CC)CC)cc1. The predicted octanol–water partition coefficient (Wildman–Crippen LogP) is 12.8. The molecule has 5 aromatic carbocycles. The van der Waals surface area contributed by atoms with Crippen molar-refractivity contribution >= 4 is 63.4 Å². The summed E-state index contributed by atoms with van der Waals surface area (Å²) in [5, 5.41) is 0. The Bertz CT molecular complexity index is 2310. The summed E-state index contributed by atoms with van der Waals surface area (Å²) < 4.78 is 36.9. The molecular formula is C54H67N3O4S. The van der Waals surface area contributed by atoms with Gasteiger partial charge in [-0.05, 0) is 117 Å². The summed E-state index contributed by atoms with van der Waals surface area (Å²) in [5.41, 5.74) is 9.72. The van der Waals surface area contributed by atoms with E-state index < -0.39 is 9.84 Å². The summed E-state index contributed by atoms with van der Waals surface area (Å²) in [6.45, 7) is 16.7. The van der Waals surface area contributed by atoms with Gasteiger partial charge in [-0.2, -0.15) is 0 Å². The number of hydrogen-bond donors (Lipinski definition) is 0. The van der Waals surface area contributed by atoms with Crippen LogP contribution in [0.25, 0.3) is 36.5 Å². The van der Waals surface area contributed by atoms with Crippen LogP contribution in [0.1, 0.15) is 93.7 Å². The summed E-state index contributed by atoms with van der Waals surface area (Å²) in [5.74, 6) is 1.65. The van der Waals surface area contributed by atoms with Crippen LogP contribution in [-0.4, -0.2) is 67.7 Å². The fourth-order valence-electron chi connectivity index (χ4n) is 7.23. The lowest BCUT2D eigenvalue weighted by molar-refractivity contribution is 0.301. The summed E-state index contributed by atoms with van der Waals surface area (Å²) in [4.78, 5) is 7.22. The Morgan fingerprint density at radius 3 is 1.27 bits per heavy atom. The normalized spacial score (nSPS) is 11.8. The quantitative estimate of drug-likeness (QED) is 0.0452. The first-order chi connectivity index (χ1) is 30.0. The first kappa shape index (κ1) is 47.3. The number of unbranched alkanes of at least 4 members (excludes halogenated alkanes) is 3. The van der Waals surface area contributed by atoms with Crippen LogP contribution in [0.5, 0.6) is 11.5 Å². The van der Waals surface area contributed by atoms with Crippen molar-refractivity contribution in [1.29, 1.82) is 0 Å². The van der Waals surface area contributed by atoms with Gasteiger partial charge in [-0.25, -0.2) is 8.42 Å². The predicted molar refractivity (Wildman–Crippen MR) is 268 cm³/mol. The minimum Gasteiger partial charge on any atom is -0.493 e. The van der Waals surface area contributed by atoms with E-state index in [2.05, 4.69) is 166 Å². The molecule has 0 saturated carbocycles. The number of ether oxygens (including phenoxy) is 2. The number of rotatable bonds is 24. The highest BCUT2D eigenvalue weighted by molar-refractivity contribution is 7.90. The number of benzene rings is 5. The standard InChI is InChI=1S/C54H67N3O4S/c1-8-13-14-15-39-60-53-41-48(29-19-46-24-34-51(35-25-46)57(11-4)12-5)54(42-47(53)28-18-45-22-32-50(33-23-45)56(9-2)10-3)61-40-38-55(6)49-30-20-43(21-31-49)16-17-44-26-36-52(37-27-44)62(7,58)59/h16-37,41-42H,8-15,38-40H2,1-7H3/b17-16+,28-18+,29-19+. The minimum absolute atomic E-state index is 0.319. The van der Waals surface area contributed by atoms with Gasteiger partial charge in [0.25, 0.3) is 0 Å². The number of nitrogens with zero attached hydrogens (tertiary/aromatic N) is 3. The minimum atomic E-state index is -3.22. The third kappa shape index (κ3) is 14.2. The topological polar surface area (TPSA) is 62.3 Å². The molecule has 62 heavy (non-hydrogen) atoms. The van der Waals surface area contributed by atoms with E-state index in [0.29, 0.717) is 24.7 Å². The molecule has 0 aromatic heterocycles. The molecule has 8 heteroatoms. The number of anilines is 3. The first-order valence-electron chi connectivity index (χ1n) is 22.3. The maximum atomic E-state index is 11.8. The van der Waals surface area contributed by atoms with Crippen molar-refractivity contribution < 1.29 is 17.9 Å². The third-order valence-corrected chi connectivity index (χ3v) is 12.3. The zero-order valence-electron chi connectivity index (χ0n) is 38.0. The molecule has 0 atom stereocenters. The summed E-state index contributed by atoms with van der Waals surface area (Å²) >= 11 is 0. The van der Waals surface area contributed by atoms with Gasteiger partial charge in [-0.15, -0.1) is 0 Å². The molecule has 0 aliphatic heterocycles. The first-order valence-corrected chi connectivity index (χ1v) is 24.2. The van der Waals surface area contributed by atoms with Crippen molar-refractivity contribution in [3.63, 3.8) is 0 Å². The van der Waals surface area contributed by atoms with Crippen LogP contribution in [-0.2, 0) is 9.84 Å². The Kier molecular flexibility index (Phi) is 18.4. The van der Waals surface area contributed by atoms with Gasteiger partial charge in [0, 0.05) is 67.7 Å². The molecule has 5 rings (SSSR count). The Morgan fingerprint density at radius 1 is 0.484 bits per heavy atom. The highest BCUT2D eigenvalue weighted by Gasteiger charge is 2.12. The molecule has 0 spiro atoms. The van der Waals surface area contributed by atoms with E-state index in [1.54, 1.807) is 12.1 Å². The second-order valence-corrected chi connectivity index (χ2v) is 17.6. The Hall–Kier alpha value is -5.73. The van der Waals surface area contributed by atoms with Gasteiger partial charge in [-0.3, -0.25) is 0 Å². The summed E-state index contributed by atoms with van der Waals surface area (Å²) in [7, 11) is -1.14. The Morgan fingerprint density at radius 2 is 0.871 bits per heavy atom. The van der Waals surface area contributed by atoms with Crippen molar-refractivity contribution in [2.24, 2.45) is 0 Å². The maximum Gasteiger partial charge on any atom is 0.175 e. The lowest BCUT2D eigenvalue weighted by Gasteiger charge is -2.21. The van der Waals surface area contributed by atoms with Crippen LogP contribution in [0.15, 0.2) is 114 Å². The molecule has 0 bridgehead atoms. The molecule has 0 amide bonds. The Balaban J connectivity index is 1.37. The summed E-state index contributed by atoms with van der Waals surface area (Å²) in [6.07, 6.45) is 18.4. The monoisotopic (exact) mass is 853 g/mol. The zero-order chi connectivity index (χ0) is 44.3. The second kappa shape index (κ2) is 24.1. The molecule has 0 heterocycles. The fraction of sp³-hybridized carbons (Fsp3) is 0.333. The van der Waals surface area contributed by atoms with Gasteiger partial charge >= 0.3 is 0 Å². The molecule has 0 radical (unpaired) electrons. The third-order valence-electron chi connectivity index (χ3n) is 11.1. The van der Waals surface area contributed by atoms with Crippen molar-refractivity contribution in [2.75, 3.05) is 73.9 Å². The molecule has 328 valence electrons. The fourth-order valence-corrected chi connectivity index (χ4v) is 7.87. The zero-order valence-corrected chi connectivity index (χ0v) is 38.8. The van der Waals surface area contributed by atoms with Crippen LogP contribution < -0.4 is 24.2 Å². The van der Waals surface area contributed by atoms with Crippen LogP contribution in [0.4, 0.5) is 17.1 Å². The Labute approximate surface area is 372 Å². The van der Waals surface area contributed by atoms with Crippen LogP contribution >= 0.6 is 0 Å². The van der Waals surface area contributed by atoms with Gasteiger partial charge in [0.1, 0.15) is 18.1 Å². The van der Waals surface area contributed by atoms with E-state index in [4.69, 9.17) is 9.47 Å². The van der Waals surface area contributed by atoms with E-state index in [1.807, 2.05) is 24.3 Å². The molecule has 5 aromatic rings. The number of sulfone groups is 1. The van der Waals surface area contributed by atoms with E-state index >= 15 is 0 Å². The molecule has 0 N–H and O–H groups in total. The van der Waals surface area contributed by atoms with Crippen molar-refractivity contribution in [3.8, 4) is 11.5 Å². The van der Waals surface area contributed by atoms with E-state index in [-0.39, 0.29) is 0 Å². The molecular weight excluding hydrogens is 787 g/mol. The highest BCUT2D eigenvalue weighted by atomic mass is 32.2. The second-order valence-electron chi connectivity index (χ2n) is 15.6. The van der Waals surface area contributed by atoms with Gasteiger partial charge in [0.05, 0.1) is 18.0 Å². The average Bonchev–Trinajstić information content (AvgIpc) is 3.29. The average molecular weight is 854 g/mol. The number of likely N-dealkylation sites (N-methyl/N-ethyl adjacent to an activating group) is 1. The van der Waals surface area contributed by atoms with E-state index in [1.165, 1.54) is 30.5 Å². The molecule has 7 nitrogen and oxygen atoms in total. The highest BCUT2D eigenvalue weighted by Crippen LogP contribution is 2.33. The summed E-state index contributed by atoms with van der Waals surface area (Å²) in [6, 6.07) is 37.0. The largest absolute Gasteiger partial charge is 0.493 e. The van der Waals surface area contributed by atoms with E-state index in [9.17, 15) is 8.42 Å². The van der Waals surface area contributed by atoms with Gasteiger partial charge < -0.3 is 24.2 Å². The van der Waals surface area contributed by atoms with Crippen LogP contribution in [0.2, 0.25) is 0 Å². The maximum absolute atomic E-state index is 11.8. The molecule has 0 aliphatic carbocycles. The van der Waals surface area contributed by atoms with Crippen LogP contribution in [0, 0.1) is 0 Å². The lowest BCUT2D eigenvalue weighted by Crippen LogP contribution is -2.23. The van der Waals surface area contributed by atoms with Gasteiger partial charge in [0.15, 0.2) is 9.84 Å². The van der Waals surface area contributed by atoms with Crippen molar-refractivity contribution in [2.45, 2.75) is 65.2 Å². The lowest BCUT2D eigenvalue weighted by atomic mass is 10.0. The molecule has 0 saturated heterocycles. The number of hydrogen-bond acceptors (Lipinski definition) is 7. The smallest absolute Gasteiger partial charge is 0.175 e. The molecule has 0 aliphatic rings. The molecule has 0 fully saturated rings. The van der Waals surface area contributed by atoms with Gasteiger partial charge in [-0.1, -0.05) is 111 Å². The van der Waals surface area contributed by atoms with Crippen molar-refractivity contribution in [3.05, 3.63) is 143 Å². The molecule has 0 unspecified atom stereocenters. The van der Waals surface area contributed by atoms with E-state index in [0.717, 1.165) is 89.6 Å². The van der Waals surface area contributed by atoms with Crippen molar-refractivity contribution in [1.82, 2.24) is 0 Å².